The lowest BCUT2D eigenvalue weighted by molar-refractivity contribution is 0.0713. The van der Waals surface area contributed by atoms with Crippen LogP contribution in [-0.4, -0.2) is 26.4 Å². The smallest absolute Gasteiger partial charge is 0.142 e. The molecule has 0 aliphatic rings. The monoisotopic (exact) mass is 291 g/mol. The minimum absolute atomic E-state index is 0.0173. The predicted molar refractivity (Wildman–Crippen MR) is 75.8 cm³/mol. The molecule has 0 saturated carbocycles. The van der Waals surface area contributed by atoms with Gasteiger partial charge in [0.25, 0.3) is 0 Å². The van der Waals surface area contributed by atoms with E-state index in [1.807, 2.05) is 19.9 Å². The van der Waals surface area contributed by atoms with Crippen LogP contribution in [0.25, 0.3) is 0 Å². The number of hydrogen-bond donors (Lipinski definition) is 1. The fraction of sp³-hybridized carbons (Fsp3) is 0.538. The van der Waals surface area contributed by atoms with Crippen molar-refractivity contribution >= 4 is 23.2 Å². The molecule has 0 heterocycles. The third-order valence-corrected chi connectivity index (χ3v) is 3.01. The summed E-state index contributed by atoms with van der Waals surface area (Å²) in [4.78, 5) is 0. The Morgan fingerprint density at radius 2 is 2.06 bits per heavy atom. The molecule has 0 spiro atoms. The van der Waals surface area contributed by atoms with Crippen molar-refractivity contribution in [2.24, 2.45) is 0 Å². The van der Waals surface area contributed by atoms with Gasteiger partial charge in [-0.05, 0) is 25.6 Å². The number of benzene rings is 1. The Morgan fingerprint density at radius 1 is 1.33 bits per heavy atom. The van der Waals surface area contributed by atoms with Gasteiger partial charge in [-0.2, -0.15) is 0 Å². The molecule has 0 aliphatic heterocycles. The van der Waals surface area contributed by atoms with Crippen LogP contribution >= 0.6 is 23.2 Å². The van der Waals surface area contributed by atoms with E-state index in [4.69, 9.17) is 32.7 Å². The first-order valence-electron chi connectivity index (χ1n) is 5.92. The Bertz CT molecular complexity index is 385. The van der Waals surface area contributed by atoms with Gasteiger partial charge >= 0.3 is 0 Å². The Morgan fingerprint density at radius 3 is 2.67 bits per heavy atom. The summed E-state index contributed by atoms with van der Waals surface area (Å²) in [5, 5.41) is 4.37. The van der Waals surface area contributed by atoms with Gasteiger partial charge in [-0.25, -0.2) is 0 Å². The van der Waals surface area contributed by atoms with Gasteiger partial charge in [0.1, 0.15) is 12.4 Å². The number of methoxy groups -OCH3 is 1. The van der Waals surface area contributed by atoms with E-state index < -0.39 is 0 Å². The van der Waals surface area contributed by atoms with E-state index in [0.29, 0.717) is 28.9 Å². The summed E-state index contributed by atoms with van der Waals surface area (Å²) in [7, 11) is 1.65. The first-order valence-corrected chi connectivity index (χ1v) is 6.68. The summed E-state index contributed by atoms with van der Waals surface area (Å²) >= 11 is 12.2. The van der Waals surface area contributed by atoms with Crippen molar-refractivity contribution in [3.63, 3.8) is 0 Å². The SMILES string of the molecule is CCNCc1cc(Cl)cc(Cl)c1OCC(C)OC. The lowest BCUT2D eigenvalue weighted by Gasteiger charge is -2.16. The zero-order valence-corrected chi connectivity index (χ0v) is 12.4. The zero-order chi connectivity index (χ0) is 13.5. The first kappa shape index (κ1) is 15.6. The van der Waals surface area contributed by atoms with Gasteiger partial charge in [0, 0.05) is 24.2 Å². The highest BCUT2D eigenvalue weighted by Crippen LogP contribution is 2.32. The van der Waals surface area contributed by atoms with Crippen LogP contribution in [0.2, 0.25) is 10.0 Å². The molecule has 1 N–H and O–H groups in total. The van der Waals surface area contributed by atoms with Crippen molar-refractivity contribution < 1.29 is 9.47 Å². The molecule has 0 aliphatic carbocycles. The Labute approximate surface area is 118 Å². The molecule has 3 nitrogen and oxygen atoms in total. The quantitative estimate of drug-likeness (QED) is 0.834. The Kier molecular flexibility index (Phi) is 6.79. The molecular weight excluding hydrogens is 273 g/mol. The van der Waals surface area contributed by atoms with Crippen molar-refractivity contribution in [1.29, 1.82) is 0 Å². The van der Waals surface area contributed by atoms with Gasteiger partial charge in [-0.15, -0.1) is 0 Å². The van der Waals surface area contributed by atoms with Crippen LogP contribution in [0.15, 0.2) is 12.1 Å². The van der Waals surface area contributed by atoms with Crippen LogP contribution in [0.3, 0.4) is 0 Å². The van der Waals surface area contributed by atoms with E-state index in [2.05, 4.69) is 5.32 Å². The largest absolute Gasteiger partial charge is 0.489 e. The maximum Gasteiger partial charge on any atom is 0.142 e. The molecule has 5 heteroatoms. The molecule has 1 atom stereocenters. The van der Waals surface area contributed by atoms with Gasteiger partial charge < -0.3 is 14.8 Å². The molecular formula is C13H19Cl2NO2. The zero-order valence-electron chi connectivity index (χ0n) is 10.9. The van der Waals surface area contributed by atoms with Gasteiger partial charge in [0.2, 0.25) is 0 Å². The fourth-order valence-corrected chi connectivity index (χ4v) is 2.03. The molecule has 0 saturated heterocycles. The number of halogens is 2. The second-order valence-electron chi connectivity index (χ2n) is 4.01. The molecule has 102 valence electrons. The van der Waals surface area contributed by atoms with Crippen LogP contribution in [0.5, 0.6) is 5.75 Å². The van der Waals surface area contributed by atoms with E-state index in [9.17, 15) is 0 Å². The van der Waals surface area contributed by atoms with Crippen molar-refractivity contribution in [3.8, 4) is 5.75 Å². The van der Waals surface area contributed by atoms with Crippen LogP contribution in [-0.2, 0) is 11.3 Å². The van der Waals surface area contributed by atoms with Crippen LogP contribution in [0.4, 0.5) is 0 Å². The highest BCUT2D eigenvalue weighted by molar-refractivity contribution is 6.35. The summed E-state index contributed by atoms with van der Waals surface area (Å²) in [6.45, 7) is 5.98. The lowest BCUT2D eigenvalue weighted by Crippen LogP contribution is -2.18. The van der Waals surface area contributed by atoms with Gasteiger partial charge in [-0.1, -0.05) is 30.1 Å². The van der Waals surface area contributed by atoms with Gasteiger partial charge in [0.15, 0.2) is 0 Å². The van der Waals surface area contributed by atoms with E-state index >= 15 is 0 Å². The average molecular weight is 292 g/mol. The molecule has 1 aromatic rings. The maximum absolute atomic E-state index is 6.16. The summed E-state index contributed by atoms with van der Waals surface area (Å²) in [5.41, 5.74) is 0.956. The third kappa shape index (κ3) is 4.65. The summed E-state index contributed by atoms with van der Waals surface area (Å²) in [6.07, 6.45) is 0.0173. The minimum Gasteiger partial charge on any atom is -0.489 e. The molecule has 1 unspecified atom stereocenters. The summed E-state index contributed by atoms with van der Waals surface area (Å²) in [5.74, 6) is 0.672. The van der Waals surface area contributed by atoms with Crippen LogP contribution < -0.4 is 10.1 Å². The standard InChI is InChI=1S/C13H19Cl2NO2/c1-4-16-7-10-5-11(14)6-12(15)13(10)18-8-9(2)17-3/h5-6,9,16H,4,7-8H2,1-3H3. The molecule has 18 heavy (non-hydrogen) atoms. The van der Waals surface area contributed by atoms with Crippen molar-refractivity contribution in [1.82, 2.24) is 5.32 Å². The van der Waals surface area contributed by atoms with Crippen molar-refractivity contribution in [2.75, 3.05) is 20.3 Å². The minimum atomic E-state index is 0.0173. The summed E-state index contributed by atoms with van der Waals surface area (Å²) in [6, 6.07) is 3.55. The second kappa shape index (κ2) is 7.85. The molecule has 0 aromatic heterocycles. The Hall–Kier alpha value is -0.480. The highest BCUT2D eigenvalue weighted by atomic mass is 35.5. The van der Waals surface area contributed by atoms with E-state index in [0.717, 1.165) is 12.1 Å². The Balaban J connectivity index is 2.85. The van der Waals surface area contributed by atoms with Gasteiger partial charge in [0.05, 0.1) is 11.1 Å². The number of ether oxygens (including phenoxy) is 2. The number of hydrogen-bond acceptors (Lipinski definition) is 3. The molecule has 0 bridgehead atoms. The number of nitrogens with one attached hydrogen (secondary N) is 1. The second-order valence-corrected chi connectivity index (χ2v) is 4.86. The van der Waals surface area contributed by atoms with Crippen molar-refractivity contribution in [3.05, 3.63) is 27.7 Å². The molecule has 0 fully saturated rings. The van der Waals surface area contributed by atoms with Crippen molar-refractivity contribution in [2.45, 2.75) is 26.5 Å². The maximum atomic E-state index is 6.16. The molecule has 0 amide bonds. The third-order valence-electron chi connectivity index (χ3n) is 2.52. The molecule has 1 aromatic carbocycles. The average Bonchev–Trinajstić information content (AvgIpc) is 2.34. The molecule has 1 rings (SSSR count). The fourth-order valence-electron chi connectivity index (χ4n) is 1.43. The predicted octanol–water partition coefficient (Wildman–Crippen LogP) is 3.52. The van der Waals surface area contributed by atoms with Crippen LogP contribution in [0.1, 0.15) is 19.4 Å². The molecule has 0 radical (unpaired) electrons. The lowest BCUT2D eigenvalue weighted by atomic mass is 10.2. The van der Waals surface area contributed by atoms with Crippen LogP contribution in [0, 0.1) is 0 Å². The number of rotatable bonds is 7. The first-order chi connectivity index (χ1) is 8.58. The van der Waals surface area contributed by atoms with E-state index in [1.54, 1.807) is 13.2 Å². The highest BCUT2D eigenvalue weighted by Gasteiger charge is 2.12. The topological polar surface area (TPSA) is 30.5 Å². The van der Waals surface area contributed by atoms with E-state index in [-0.39, 0.29) is 6.10 Å². The van der Waals surface area contributed by atoms with E-state index in [1.165, 1.54) is 0 Å². The summed E-state index contributed by atoms with van der Waals surface area (Å²) < 4.78 is 10.9. The van der Waals surface area contributed by atoms with Gasteiger partial charge in [-0.3, -0.25) is 0 Å². The normalized spacial score (nSPS) is 12.5.